The molecule has 0 saturated carbocycles. The molecule has 0 bridgehead atoms. The Hall–Kier alpha value is -3.91. The number of carbonyl (C=O) groups excluding carboxylic acids is 1. The van der Waals surface area contributed by atoms with Crippen LogP contribution in [0, 0.1) is 0 Å². The first-order valence-electron chi connectivity index (χ1n) is 11.3. The summed E-state index contributed by atoms with van der Waals surface area (Å²) in [5.41, 5.74) is 7.57. The van der Waals surface area contributed by atoms with Crippen molar-refractivity contribution in [2.45, 2.75) is 25.5 Å². The number of methoxy groups -OCH3 is 1. The van der Waals surface area contributed by atoms with Crippen molar-refractivity contribution in [2.24, 2.45) is 5.10 Å². The molecule has 178 valence electrons. The summed E-state index contributed by atoms with van der Waals surface area (Å²) in [4.78, 5) is 12.4. The fourth-order valence-corrected chi connectivity index (χ4v) is 4.34. The Kier molecular flexibility index (Phi) is 7.95. The summed E-state index contributed by atoms with van der Waals surface area (Å²) < 4.78 is 7.21. The third-order valence-corrected chi connectivity index (χ3v) is 6.44. The highest BCUT2D eigenvalue weighted by Crippen LogP contribution is 2.25. The van der Waals surface area contributed by atoms with Gasteiger partial charge in [0.25, 0.3) is 5.91 Å². The Morgan fingerprint density at radius 2 is 1.60 bits per heavy atom. The number of hydrogen-bond donors (Lipinski definition) is 1. The molecule has 0 atom stereocenters. The predicted octanol–water partition coefficient (Wildman–Crippen LogP) is 5.27. The van der Waals surface area contributed by atoms with Crippen molar-refractivity contribution in [3.05, 3.63) is 84.4 Å². The third kappa shape index (κ3) is 5.96. The van der Waals surface area contributed by atoms with Crippen molar-refractivity contribution < 1.29 is 9.53 Å². The zero-order chi connectivity index (χ0) is 24.6. The number of nitrogens with one attached hydrogen (secondary N) is 1. The minimum Gasteiger partial charge on any atom is -0.497 e. The molecular weight excluding hydrogens is 458 g/mol. The number of rotatable bonds is 9. The van der Waals surface area contributed by atoms with Gasteiger partial charge in [-0.15, -0.1) is 10.2 Å². The minimum atomic E-state index is -0.202. The van der Waals surface area contributed by atoms with Crippen LogP contribution in [0.3, 0.4) is 0 Å². The van der Waals surface area contributed by atoms with E-state index in [1.807, 2.05) is 73.0 Å². The molecule has 0 unspecified atom stereocenters. The smallest absolute Gasteiger partial charge is 0.250 e. The van der Waals surface area contributed by atoms with Crippen LogP contribution in [0.25, 0.3) is 22.5 Å². The van der Waals surface area contributed by atoms with Crippen LogP contribution in [0.5, 0.6) is 5.75 Å². The summed E-state index contributed by atoms with van der Waals surface area (Å²) in [7, 11) is 1.64. The quantitative estimate of drug-likeness (QED) is 0.198. The molecule has 8 heteroatoms. The van der Waals surface area contributed by atoms with Crippen LogP contribution in [0.1, 0.15) is 19.4 Å². The largest absolute Gasteiger partial charge is 0.497 e. The van der Waals surface area contributed by atoms with Crippen LogP contribution in [-0.4, -0.2) is 39.2 Å². The maximum atomic E-state index is 12.4. The van der Waals surface area contributed by atoms with Gasteiger partial charge in [0.05, 0.1) is 18.6 Å². The number of hydrazone groups is 1. The Morgan fingerprint density at radius 1 is 0.943 bits per heavy atom. The zero-order valence-corrected chi connectivity index (χ0v) is 20.7. The highest BCUT2D eigenvalue weighted by molar-refractivity contribution is 7.99. The summed E-state index contributed by atoms with van der Waals surface area (Å²) >= 11 is 1.33. The summed E-state index contributed by atoms with van der Waals surface area (Å²) in [6.07, 6.45) is 0. The van der Waals surface area contributed by atoms with E-state index in [0.717, 1.165) is 39.5 Å². The molecule has 1 aromatic heterocycles. The molecular formula is C27H27N5O2S. The number of ether oxygens (including phenoxy) is 1. The van der Waals surface area contributed by atoms with Crippen molar-refractivity contribution in [3.8, 4) is 28.3 Å². The van der Waals surface area contributed by atoms with Gasteiger partial charge in [0, 0.05) is 12.1 Å². The molecule has 3 aromatic carbocycles. The van der Waals surface area contributed by atoms with E-state index in [9.17, 15) is 4.79 Å². The van der Waals surface area contributed by atoms with Crippen molar-refractivity contribution in [3.63, 3.8) is 0 Å². The third-order valence-electron chi connectivity index (χ3n) is 5.47. The van der Waals surface area contributed by atoms with Crippen LogP contribution in [0.15, 0.2) is 89.1 Å². The Morgan fingerprint density at radius 3 is 2.26 bits per heavy atom. The van der Waals surface area contributed by atoms with E-state index in [-0.39, 0.29) is 11.7 Å². The number of carbonyl (C=O) groups is 1. The Labute approximate surface area is 209 Å². The van der Waals surface area contributed by atoms with Gasteiger partial charge in [0.1, 0.15) is 5.75 Å². The molecule has 0 aliphatic rings. The maximum Gasteiger partial charge on any atom is 0.250 e. The van der Waals surface area contributed by atoms with Gasteiger partial charge in [-0.1, -0.05) is 66.4 Å². The molecule has 0 aliphatic carbocycles. The predicted molar refractivity (Wildman–Crippen MR) is 141 cm³/mol. The number of aromatic nitrogens is 3. The van der Waals surface area contributed by atoms with Crippen molar-refractivity contribution in [2.75, 3.05) is 12.9 Å². The number of hydrogen-bond acceptors (Lipinski definition) is 6. The number of amides is 1. The van der Waals surface area contributed by atoms with E-state index >= 15 is 0 Å². The fraction of sp³-hybridized carbons (Fsp3) is 0.185. The lowest BCUT2D eigenvalue weighted by Crippen LogP contribution is -2.21. The normalized spacial score (nSPS) is 11.3. The lowest BCUT2D eigenvalue weighted by Gasteiger charge is -2.08. The maximum absolute atomic E-state index is 12.4. The van der Waals surface area contributed by atoms with Gasteiger partial charge in [-0.25, -0.2) is 5.43 Å². The summed E-state index contributed by atoms with van der Waals surface area (Å²) in [5.74, 6) is 1.52. The van der Waals surface area contributed by atoms with Crippen LogP contribution >= 0.6 is 11.8 Å². The molecule has 7 nitrogen and oxygen atoms in total. The highest BCUT2D eigenvalue weighted by Gasteiger charge is 2.14. The van der Waals surface area contributed by atoms with Crippen molar-refractivity contribution in [1.29, 1.82) is 0 Å². The number of benzene rings is 3. The molecule has 0 aliphatic heterocycles. The zero-order valence-electron chi connectivity index (χ0n) is 19.9. The summed E-state index contributed by atoms with van der Waals surface area (Å²) in [6.45, 7) is 4.59. The van der Waals surface area contributed by atoms with Gasteiger partial charge in [-0.3, -0.25) is 4.79 Å². The Balaban J connectivity index is 1.35. The van der Waals surface area contributed by atoms with Crippen LogP contribution < -0.4 is 10.2 Å². The van der Waals surface area contributed by atoms with Gasteiger partial charge < -0.3 is 9.30 Å². The molecule has 35 heavy (non-hydrogen) atoms. The van der Waals surface area contributed by atoms with Gasteiger partial charge in [0.15, 0.2) is 11.0 Å². The average Bonchev–Trinajstić information content (AvgIpc) is 3.34. The molecule has 1 N–H and O–H groups in total. The molecule has 0 fully saturated rings. The first-order valence-corrected chi connectivity index (χ1v) is 12.3. The molecule has 0 radical (unpaired) electrons. The number of thioether (sulfide) groups is 1. The molecule has 4 aromatic rings. The first-order chi connectivity index (χ1) is 17.1. The van der Waals surface area contributed by atoms with Gasteiger partial charge in [0.2, 0.25) is 0 Å². The van der Waals surface area contributed by atoms with Crippen LogP contribution in [0.4, 0.5) is 0 Å². The highest BCUT2D eigenvalue weighted by atomic mass is 32.2. The Bertz CT molecular complexity index is 1300. The average molecular weight is 486 g/mol. The van der Waals surface area contributed by atoms with E-state index in [1.54, 1.807) is 7.11 Å². The van der Waals surface area contributed by atoms with E-state index in [4.69, 9.17) is 4.74 Å². The summed E-state index contributed by atoms with van der Waals surface area (Å²) in [5, 5.41) is 13.6. The topological polar surface area (TPSA) is 81.4 Å². The van der Waals surface area contributed by atoms with E-state index in [2.05, 4.69) is 45.0 Å². The van der Waals surface area contributed by atoms with E-state index < -0.39 is 0 Å². The fourth-order valence-electron chi connectivity index (χ4n) is 3.54. The molecule has 4 rings (SSSR count). The summed E-state index contributed by atoms with van der Waals surface area (Å²) in [6, 6.07) is 26.0. The van der Waals surface area contributed by atoms with Crippen LogP contribution in [-0.2, 0) is 11.3 Å². The molecule has 1 heterocycles. The second-order valence-electron chi connectivity index (χ2n) is 7.74. The molecule has 0 saturated heterocycles. The van der Waals surface area contributed by atoms with Crippen molar-refractivity contribution >= 4 is 23.4 Å². The van der Waals surface area contributed by atoms with Gasteiger partial charge >= 0.3 is 0 Å². The molecule has 0 spiro atoms. The van der Waals surface area contributed by atoms with E-state index in [1.165, 1.54) is 11.8 Å². The lowest BCUT2D eigenvalue weighted by atomic mass is 10.0. The second kappa shape index (κ2) is 11.5. The lowest BCUT2D eigenvalue weighted by molar-refractivity contribution is -0.118. The SMILES string of the molecule is CCn1c(SCC(=O)N/N=C(\C)c2ccc(-c3ccccc3)cc2)nnc1-c1ccc(OC)cc1. The van der Waals surface area contributed by atoms with Gasteiger partial charge in [-0.05, 0) is 54.8 Å². The second-order valence-corrected chi connectivity index (χ2v) is 8.69. The van der Waals surface area contributed by atoms with Crippen molar-refractivity contribution in [1.82, 2.24) is 20.2 Å². The van der Waals surface area contributed by atoms with Crippen LogP contribution in [0.2, 0.25) is 0 Å². The first kappa shape index (κ1) is 24.2. The standard InChI is InChI=1S/C27H27N5O2S/c1-4-32-26(23-14-16-24(34-3)17-15-23)30-31-27(32)35-18-25(33)29-28-19(2)20-10-12-22(13-11-20)21-8-6-5-7-9-21/h5-17H,4,18H2,1-3H3,(H,29,33)/b28-19+. The van der Waals surface area contributed by atoms with E-state index in [0.29, 0.717) is 11.7 Å². The minimum absolute atomic E-state index is 0.185. The van der Waals surface area contributed by atoms with Gasteiger partial charge in [-0.2, -0.15) is 5.10 Å². The number of nitrogens with zero attached hydrogens (tertiary/aromatic N) is 4. The molecule has 1 amide bonds. The monoisotopic (exact) mass is 485 g/mol.